The maximum atomic E-state index is 2.47. The van der Waals surface area contributed by atoms with Crippen molar-refractivity contribution in [2.24, 2.45) is 0 Å². The Hall–Kier alpha value is -4.88. The molecule has 0 N–H and O–H groups in total. The Morgan fingerprint density at radius 1 is 0.368 bits per heavy atom. The van der Waals surface area contributed by atoms with Gasteiger partial charge in [-0.2, -0.15) is 0 Å². The summed E-state index contributed by atoms with van der Waals surface area (Å²) in [5, 5.41) is 10.4. The molecule has 0 bridgehead atoms. The molecule has 0 saturated heterocycles. The van der Waals surface area contributed by atoms with Gasteiger partial charge in [-0.15, -0.1) is 0 Å². The first kappa shape index (κ1) is 21.2. The number of hydrogen-bond acceptors (Lipinski definition) is 1. The monoisotopic (exact) mass is 483 g/mol. The normalized spacial score (nSPS) is 13.3. The largest absolute Gasteiger partial charge is 0.337 e. The minimum atomic E-state index is 0.822. The lowest BCUT2D eigenvalue weighted by Crippen LogP contribution is -2.22. The topological polar surface area (TPSA) is 3.24 Å². The van der Waals surface area contributed by atoms with Crippen molar-refractivity contribution >= 4 is 60.0 Å². The average Bonchev–Trinajstić information content (AvgIpc) is 3.00. The zero-order chi connectivity index (χ0) is 25.1. The van der Waals surface area contributed by atoms with Crippen LogP contribution < -0.4 is 4.90 Å². The molecule has 38 heavy (non-hydrogen) atoms. The molecule has 0 spiro atoms. The zero-order valence-corrected chi connectivity index (χ0v) is 20.9. The predicted octanol–water partition coefficient (Wildman–Crippen LogP) is 9.88. The van der Waals surface area contributed by atoms with Gasteiger partial charge >= 0.3 is 0 Å². The standard InChI is InChI=1S/C37H25N/c1-3-11-27-25(9-1)19-21-32-29(27)14-7-15-31(32)33-23-24-38(36-17-6-5-13-34(33)36)37-18-8-16-30-28-12-4-2-10-26(28)20-22-35(30)37/h1-23H,24H2. The summed E-state index contributed by atoms with van der Waals surface area (Å²) in [6.07, 6.45) is 2.41. The van der Waals surface area contributed by atoms with E-state index in [4.69, 9.17) is 0 Å². The Morgan fingerprint density at radius 2 is 0.921 bits per heavy atom. The molecule has 0 atom stereocenters. The summed E-state index contributed by atoms with van der Waals surface area (Å²) in [5.41, 5.74) is 6.38. The van der Waals surface area contributed by atoms with Gasteiger partial charge in [-0.25, -0.2) is 0 Å². The van der Waals surface area contributed by atoms with Gasteiger partial charge in [-0.1, -0.05) is 127 Å². The van der Waals surface area contributed by atoms with Crippen molar-refractivity contribution in [3.05, 3.63) is 151 Å². The summed E-state index contributed by atoms with van der Waals surface area (Å²) in [6, 6.07) is 48.7. The molecule has 7 aromatic rings. The Kier molecular flexibility index (Phi) is 4.65. The average molecular weight is 484 g/mol. The molecule has 1 heterocycles. The fraction of sp³-hybridized carbons (Fsp3) is 0.0270. The van der Waals surface area contributed by atoms with Crippen LogP contribution in [0.2, 0.25) is 0 Å². The van der Waals surface area contributed by atoms with Gasteiger partial charge in [0.2, 0.25) is 0 Å². The third-order valence-corrected chi connectivity index (χ3v) is 8.09. The number of rotatable bonds is 2. The molecule has 0 radical (unpaired) electrons. The maximum Gasteiger partial charge on any atom is 0.0493 e. The van der Waals surface area contributed by atoms with Crippen molar-refractivity contribution < 1.29 is 0 Å². The van der Waals surface area contributed by atoms with E-state index in [0.717, 1.165) is 6.54 Å². The Balaban J connectivity index is 1.32. The van der Waals surface area contributed by atoms with Crippen LogP contribution in [0.1, 0.15) is 11.1 Å². The van der Waals surface area contributed by atoms with Crippen LogP contribution >= 0.6 is 0 Å². The van der Waals surface area contributed by atoms with Gasteiger partial charge in [0, 0.05) is 28.9 Å². The SMILES string of the molecule is C1=C(c2cccc3c2ccc2ccccc23)c2ccccc2N(c2cccc3c2ccc2ccccc23)C1. The van der Waals surface area contributed by atoms with Crippen LogP contribution in [0.4, 0.5) is 11.4 Å². The molecule has 0 amide bonds. The lowest BCUT2D eigenvalue weighted by molar-refractivity contribution is 1.08. The van der Waals surface area contributed by atoms with Gasteiger partial charge in [-0.3, -0.25) is 0 Å². The second-order valence-electron chi connectivity index (χ2n) is 10.1. The van der Waals surface area contributed by atoms with Crippen molar-refractivity contribution in [1.29, 1.82) is 0 Å². The molecule has 1 aliphatic rings. The van der Waals surface area contributed by atoms with Crippen LogP contribution in [-0.2, 0) is 0 Å². The summed E-state index contributed by atoms with van der Waals surface area (Å²) in [6.45, 7) is 0.822. The first-order valence-corrected chi connectivity index (χ1v) is 13.3. The van der Waals surface area contributed by atoms with Crippen molar-refractivity contribution in [2.75, 3.05) is 11.4 Å². The van der Waals surface area contributed by atoms with E-state index >= 15 is 0 Å². The maximum absolute atomic E-state index is 2.47. The molecule has 0 aliphatic carbocycles. The Morgan fingerprint density at radius 3 is 1.71 bits per heavy atom. The van der Waals surface area contributed by atoms with Crippen LogP contribution in [0.15, 0.2) is 140 Å². The van der Waals surface area contributed by atoms with Gasteiger partial charge in [0.1, 0.15) is 0 Å². The summed E-state index contributed by atoms with van der Waals surface area (Å²) >= 11 is 0. The molecular formula is C37H25N. The summed E-state index contributed by atoms with van der Waals surface area (Å²) < 4.78 is 0. The van der Waals surface area contributed by atoms with E-state index in [1.54, 1.807) is 0 Å². The fourth-order valence-electron chi connectivity index (χ4n) is 6.35. The van der Waals surface area contributed by atoms with E-state index in [-0.39, 0.29) is 0 Å². The lowest BCUT2D eigenvalue weighted by atomic mass is 9.88. The van der Waals surface area contributed by atoms with Gasteiger partial charge in [0.15, 0.2) is 0 Å². The first-order chi connectivity index (χ1) is 18.9. The second-order valence-corrected chi connectivity index (χ2v) is 10.1. The second kappa shape index (κ2) is 8.33. The summed E-state index contributed by atoms with van der Waals surface area (Å²) in [7, 11) is 0. The Bertz CT molecular complexity index is 2060. The highest BCUT2D eigenvalue weighted by molar-refractivity contribution is 6.14. The smallest absolute Gasteiger partial charge is 0.0493 e. The van der Waals surface area contributed by atoms with Crippen molar-refractivity contribution in [2.45, 2.75) is 0 Å². The third-order valence-electron chi connectivity index (χ3n) is 8.09. The van der Waals surface area contributed by atoms with Crippen molar-refractivity contribution in [3.63, 3.8) is 0 Å². The molecule has 1 aliphatic heterocycles. The number of anilines is 2. The van der Waals surface area contributed by atoms with E-state index in [0.29, 0.717) is 0 Å². The number of fused-ring (bicyclic) bond motifs is 7. The number of para-hydroxylation sites is 1. The summed E-state index contributed by atoms with van der Waals surface area (Å²) in [5.74, 6) is 0. The molecule has 0 fully saturated rings. The zero-order valence-electron chi connectivity index (χ0n) is 20.9. The molecule has 0 aromatic heterocycles. The van der Waals surface area contributed by atoms with Crippen LogP contribution in [0, 0.1) is 0 Å². The molecule has 7 aromatic carbocycles. The van der Waals surface area contributed by atoms with Crippen LogP contribution in [0.25, 0.3) is 48.7 Å². The number of hydrogen-bond donors (Lipinski definition) is 0. The number of nitrogens with zero attached hydrogens (tertiary/aromatic N) is 1. The molecule has 178 valence electrons. The van der Waals surface area contributed by atoms with Crippen molar-refractivity contribution in [1.82, 2.24) is 0 Å². The highest BCUT2D eigenvalue weighted by Gasteiger charge is 2.23. The Labute approximate surface area is 221 Å². The van der Waals surface area contributed by atoms with Crippen LogP contribution in [0.5, 0.6) is 0 Å². The van der Waals surface area contributed by atoms with Crippen LogP contribution in [-0.4, -0.2) is 6.54 Å². The van der Waals surface area contributed by atoms with Gasteiger partial charge in [-0.05, 0) is 61.0 Å². The minimum Gasteiger partial charge on any atom is -0.337 e. The predicted molar refractivity (Wildman–Crippen MR) is 163 cm³/mol. The summed E-state index contributed by atoms with van der Waals surface area (Å²) in [4.78, 5) is 2.47. The highest BCUT2D eigenvalue weighted by atomic mass is 15.1. The quantitative estimate of drug-likeness (QED) is 0.221. The lowest BCUT2D eigenvalue weighted by Gasteiger charge is -2.32. The van der Waals surface area contributed by atoms with E-state index in [2.05, 4.69) is 144 Å². The molecule has 0 saturated carbocycles. The number of benzene rings is 7. The third kappa shape index (κ3) is 3.12. The molecule has 1 nitrogen and oxygen atoms in total. The van der Waals surface area contributed by atoms with E-state index in [1.807, 2.05) is 0 Å². The van der Waals surface area contributed by atoms with Gasteiger partial charge < -0.3 is 4.90 Å². The van der Waals surface area contributed by atoms with Crippen LogP contribution in [0.3, 0.4) is 0 Å². The fourth-order valence-corrected chi connectivity index (χ4v) is 6.35. The first-order valence-electron chi connectivity index (χ1n) is 13.3. The molecule has 8 rings (SSSR count). The molecule has 1 heteroatoms. The molecular weight excluding hydrogens is 458 g/mol. The minimum absolute atomic E-state index is 0.822. The highest BCUT2D eigenvalue weighted by Crippen LogP contribution is 2.43. The van der Waals surface area contributed by atoms with Crippen molar-refractivity contribution in [3.8, 4) is 0 Å². The van der Waals surface area contributed by atoms with Gasteiger partial charge in [0.05, 0.1) is 0 Å². The molecule has 0 unspecified atom stereocenters. The van der Waals surface area contributed by atoms with Gasteiger partial charge in [0.25, 0.3) is 0 Å². The van der Waals surface area contributed by atoms with E-state index < -0.39 is 0 Å². The van der Waals surface area contributed by atoms with E-state index in [9.17, 15) is 0 Å². The van der Waals surface area contributed by atoms with E-state index in [1.165, 1.54) is 71.2 Å².